The first kappa shape index (κ1) is 30.2. The highest BCUT2D eigenvalue weighted by atomic mass is 79.9. The maximum absolute atomic E-state index is 3.92. The van der Waals surface area contributed by atoms with Gasteiger partial charge in [0.1, 0.15) is 23.2 Å². The lowest BCUT2D eigenvalue weighted by molar-refractivity contribution is 0.377. The van der Waals surface area contributed by atoms with Crippen molar-refractivity contribution in [3.8, 4) is 0 Å². The number of halogens is 1. The molecule has 0 amide bonds. The molecule has 0 nitrogen and oxygen atoms in total. The Morgan fingerprint density at radius 1 is 0.825 bits per heavy atom. The normalized spacial score (nSPS) is 16.8. The summed E-state index contributed by atoms with van der Waals surface area (Å²) < 4.78 is 1.18. The maximum Gasteiger partial charge on any atom is 0.119 e. The minimum absolute atomic E-state index is 0.273. The van der Waals surface area contributed by atoms with Crippen molar-refractivity contribution in [3.63, 3.8) is 0 Å². The second kappa shape index (κ2) is 13.8. The lowest BCUT2D eigenvalue weighted by Gasteiger charge is -2.32. The van der Waals surface area contributed by atoms with E-state index in [-0.39, 0.29) is 5.41 Å². The van der Waals surface area contributed by atoms with Gasteiger partial charge in [0.2, 0.25) is 0 Å². The lowest BCUT2D eigenvalue weighted by atomic mass is 9.72. The SMILES string of the molecule is CC(C=CC1=C(C)CCCC1(C)C)=CC=CC(C)=CC[P+](c1ccccc1)(c1ccccc1)c1ccccc1Br. The van der Waals surface area contributed by atoms with E-state index in [2.05, 4.69) is 172 Å². The minimum atomic E-state index is -1.93. The molecule has 0 radical (unpaired) electrons. The van der Waals surface area contributed by atoms with Gasteiger partial charge in [0.25, 0.3) is 0 Å². The number of allylic oxidation sites excluding steroid dienone is 10. The summed E-state index contributed by atoms with van der Waals surface area (Å²) >= 11 is 3.92. The molecular formula is C38H43BrP+. The molecule has 0 N–H and O–H groups in total. The standard InChI is InChI=1S/C38H43BrP/c1-30(25-26-35-32(3)18-15-28-38(35,4)5)16-14-17-31(2)27-29-40(33-19-8-6-9-20-33,34-21-10-7-11-22-34)37-24-13-12-23-36(37)39/h6-14,16-17,19-27H,15,18,28-29H2,1-5H3/q+1. The smallest absolute Gasteiger partial charge is 0.0696 e. The van der Waals surface area contributed by atoms with Gasteiger partial charge in [0.05, 0.1) is 10.6 Å². The Bertz CT molecular complexity index is 1400. The van der Waals surface area contributed by atoms with Crippen LogP contribution < -0.4 is 15.9 Å². The van der Waals surface area contributed by atoms with Gasteiger partial charge in [-0.3, -0.25) is 0 Å². The summed E-state index contributed by atoms with van der Waals surface area (Å²) in [6, 6.07) is 30.9. The second-order valence-corrected chi connectivity index (χ2v) is 16.0. The van der Waals surface area contributed by atoms with Crippen molar-refractivity contribution < 1.29 is 0 Å². The molecule has 0 heterocycles. The number of hydrogen-bond donors (Lipinski definition) is 0. The molecule has 3 aromatic carbocycles. The van der Waals surface area contributed by atoms with E-state index < -0.39 is 7.26 Å². The quantitative estimate of drug-likeness (QED) is 0.167. The maximum atomic E-state index is 3.92. The molecule has 0 saturated carbocycles. The monoisotopic (exact) mass is 609 g/mol. The molecule has 4 rings (SSSR count). The summed E-state index contributed by atoms with van der Waals surface area (Å²) in [5, 5.41) is 4.19. The fourth-order valence-electron chi connectivity index (χ4n) is 5.84. The first-order valence-corrected chi connectivity index (χ1v) is 17.2. The van der Waals surface area contributed by atoms with Crippen LogP contribution in [0.1, 0.15) is 53.9 Å². The van der Waals surface area contributed by atoms with Crippen molar-refractivity contribution >= 4 is 39.1 Å². The molecule has 2 heteroatoms. The Morgan fingerprint density at radius 3 is 2.02 bits per heavy atom. The fraction of sp³-hybridized carbons (Fsp3) is 0.263. The molecule has 206 valence electrons. The van der Waals surface area contributed by atoms with Gasteiger partial charge in [-0.1, -0.05) is 109 Å². The van der Waals surface area contributed by atoms with E-state index >= 15 is 0 Å². The van der Waals surface area contributed by atoms with Crippen molar-refractivity contribution in [1.29, 1.82) is 0 Å². The molecule has 0 saturated heterocycles. The number of hydrogen-bond acceptors (Lipinski definition) is 0. The van der Waals surface area contributed by atoms with Gasteiger partial charge < -0.3 is 0 Å². The molecule has 0 bridgehead atoms. The third-order valence-electron chi connectivity index (χ3n) is 8.12. The van der Waals surface area contributed by atoms with Gasteiger partial charge in [0.15, 0.2) is 0 Å². The summed E-state index contributed by atoms with van der Waals surface area (Å²) in [6.45, 7) is 11.5. The summed E-state index contributed by atoms with van der Waals surface area (Å²) in [6.07, 6.45) is 18.5. The van der Waals surface area contributed by atoms with Crippen molar-refractivity contribution in [2.75, 3.05) is 6.16 Å². The van der Waals surface area contributed by atoms with Crippen LogP contribution >= 0.6 is 23.2 Å². The van der Waals surface area contributed by atoms with E-state index in [9.17, 15) is 0 Å². The molecule has 0 aromatic heterocycles. The Labute approximate surface area is 251 Å². The zero-order valence-corrected chi connectivity index (χ0v) is 27.2. The predicted octanol–water partition coefficient (Wildman–Crippen LogP) is 10.3. The third-order valence-corrected chi connectivity index (χ3v) is 13.4. The van der Waals surface area contributed by atoms with Crippen LogP contribution in [0, 0.1) is 5.41 Å². The highest BCUT2D eigenvalue weighted by molar-refractivity contribution is 9.10. The molecule has 0 unspecified atom stereocenters. The van der Waals surface area contributed by atoms with Gasteiger partial charge in [-0.05, 0) is 109 Å². The molecule has 0 spiro atoms. The van der Waals surface area contributed by atoms with Crippen LogP contribution in [0.15, 0.2) is 148 Å². The van der Waals surface area contributed by atoms with Gasteiger partial charge in [-0.25, -0.2) is 0 Å². The lowest BCUT2D eigenvalue weighted by Crippen LogP contribution is -2.33. The fourth-order valence-corrected chi connectivity index (χ4v) is 11.2. The van der Waals surface area contributed by atoms with E-state index in [0.29, 0.717) is 0 Å². The van der Waals surface area contributed by atoms with E-state index in [1.54, 1.807) is 5.57 Å². The van der Waals surface area contributed by atoms with Gasteiger partial charge >= 0.3 is 0 Å². The first-order valence-electron chi connectivity index (χ1n) is 14.4. The molecule has 0 fully saturated rings. The summed E-state index contributed by atoms with van der Waals surface area (Å²) in [5.41, 5.74) is 5.89. The van der Waals surface area contributed by atoms with E-state index in [4.69, 9.17) is 0 Å². The average Bonchev–Trinajstić information content (AvgIpc) is 2.95. The van der Waals surface area contributed by atoms with Crippen molar-refractivity contribution in [1.82, 2.24) is 0 Å². The second-order valence-electron chi connectivity index (χ2n) is 11.6. The van der Waals surface area contributed by atoms with E-state index in [1.165, 1.54) is 56.4 Å². The molecule has 0 atom stereocenters. The Hall–Kier alpha value is -2.73. The molecule has 1 aliphatic rings. The number of rotatable bonds is 9. The van der Waals surface area contributed by atoms with Crippen LogP contribution in [-0.4, -0.2) is 6.16 Å². The summed E-state index contributed by atoms with van der Waals surface area (Å²) in [4.78, 5) is 0. The highest BCUT2D eigenvalue weighted by Crippen LogP contribution is 2.56. The van der Waals surface area contributed by atoms with Gasteiger partial charge in [0, 0.05) is 0 Å². The van der Waals surface area contributed by atoms with Crippen LogP contribution in [0.3, 0.4) is 0 Å². The largest absolute Gasteiger partial charge is 0.119 e. The molecule has 3 aromatic rings. The van der Waals surface area contributed by atoms with Crippen LogP contribution in [0.5, 0.6) is 0 Å². The predicted molar refractivity (Wildman–Crippen MR) is 184 cm³/mol. The van der Waals surface area contributed by atoms with Gasteiger partial charge in [-0.2, -0.15) is 0 Å². The van der Waals surface area contributed by atoms with E-state index in [0.717, 1.165) is 6.16 Å². The minimum Gasteiger partial charge on any atom is -0.0696 e. The summed E-state index contributed by atoms with van der Waals surface area (Å²) in [5.74, 6) is 0. The first-order chi connectivity index (χ1) is 19.2. The van der Waals surface area contributed by atoms with Crippen molar-refractivity contribution in [3.05, 3.63) is 148 Å². The van der Waals surface area contributed by atoms with E-state index in [1.807, 2.05) is 0 Å². The topological polar surface area (TPSA) is 0 Å². The highest BCUT2D eigenvalue weighted by Gasteiger charge is 2.45. The summed E-state index contributed by atoms with van der Waals surface area (Å²) in [7, 11) is -1.93. The molecule has 0 aliphatic heterocycles. The molecular weight excluding hydrogens is 567 g/mol. The Morgan fingerprint density at radius 2 is 1.43 bits per heavy atom. The van der Waals surface area contributed by atoms with Crippen LogP contribution in [0.2, 0.25) is 0 Å². The zero-order valence-electron chi connectivity index (χ0n) is 24.7. The zero-order chi connectivity index (χ0) is 28.6. The van der Waals surface area contributed by atoms with Crippen LogP contribution in [-0.2, 0) is 0 Å². The Balaban J connectivity index is 1.64. The van der Waals surface area contributed by atoms with Crippen LogP contribution in [0.25, 0.3) is 0 Å². The molecule has 1 aliphatic carbocycles. The molecule has 40 heavy (non-hydrogen) atoms. The Kier molecular flexibility index (Phi) is 10.4. The van der Waals surface area contributed by atoms with Crippen molar-refractivity contribution in [2.45, 2.75) is 53.9 Å². The average molecular weight is 611 g/mol. The van der Waals surface area contributed by atoms with Crippen LogP contribution in [0.4, 0.5) is 0 Å². The third kappa shape index (κ3) is 7.12. The number of benzene rings is 3. The van der Waals surface area contributed by atoms with Gasteiger partial charge in [-0.15, -0.1) is 0 Å². The van der Waals surface area contributed by atoms with Crippen molar-refractivity contribution in [2.24, 2.45) is 5.41 Å².